The summed E-state index contributed by atoms with van der Waals surface area (Å²) in [7, 11) is 1.91. The zero-order valence-corrected chi connectivity index (χ0v) is 9.55. The molecule has 2 nitrogen and oxygen atoms in total. The molecule has 0 aliphatic carbocycles. The van der Waals surface area contributed by atoms with Gasteiger partial charge >= 0.3 is 0 Å². The normalized spacial score (nSPS) is 10.3. The Hall–Kier alpha value is -1.15. The zero-order chi connectivity index (χ0) is 11.1. The topological polar surface area (TPSA) is 29.1 Å². The van der Waals surface area contributed by atoms with Crippen molar-refractivity contribution in [1.82, 2.24) is 5.32 Å². The van der Waals surface area contributed by atoms with Gasteiger partial charge in [-0.05, 0) is 32.5 Å². The molecular weight excluding hydrogens is 186 g/mol. The molecule has 1 aromatic rings. The van der Waals surface area contributed by atoms with Crippen LogP contribution in [0, 0.1) is 6.92 Å². The highest BCUT2D eigenvalue weighted by Gasteiger charge is 2.03. The van der Waals surface area contributed by atoms with Crippen molar-refractivity contribution in [2.24, 2.45) is 0 Å². The Kier molecular flexibility index (Phi) is 5.05. The number of aryl methyl sites for hydroxylation is 1. The first-order valence-corrected chi connectivity index (χ1v) is 5.44. The smallest absolute Gasteiger partial charge is 0.137 e. The molecule has 0 saturated carbocycles. The quantitative estimate of drug-likeness (QED) is 0.721. The van der Waals surface area contributed by atoms with Crippen LogP contribution in [-0.2, 0) is 11.2 Å². The Morgan fingerprint density at radius 2 is 2.20 bits per heavy atom. The van der Waals surface area contributed by atoms with Crippen LogP contribution in [0.4, 0.5) is 0 Å². The van der Waals surface area contributed by atoms with Gasteiger partial charge < -0.3 is 5.32 Å². The summed E-state index contributed by atoms with van der Waals surface area (Å²) < 4.78 is 0. The highest BCUT2D eigenvalue weighted by molar-refractivity contribution is 5.80. The number of carbonyl (C=O) groups excluding carboxylic acids is 1. The van der Waals surface area contributed by atoms with Gasteiger partial charge in [-0.2, -0.15) is 0 Å². The van der Waals surface area contributed by atoms with Crippen LogP contribution in [-0.4, -0.2) is 19.4 Å². The Bertz CT molecular complexity index is 320. The minimum atomic E-state index is 0.329. The van der Waals surface area contributed by atoms with Crippen LogP contribution >= 0.6 is 0 Å². The van der Waals surface area contributed by atoms with Gasteiger partial charge in [0.15, 0.2) is 0 Å². The number of carbonyl (C=O) groups is 1. The minimum absolute atomic E-state index is 0.329. The Morgan fingerprint density at radius 3 is 2.87 bits per heavy atom. The van der Waals surface area contributed by atoms with Crippen LogP contribution in [0.2, 0.25) is 0 Å². The molecule has 0 aromatic heterocycles. The minimum Gasteiger partial charge on any atom is -0.320 e. The predicted molar refractivity (Wildman–Crippen MR) is 63.1 cm³/mol. The molecule has 0 heterocycles. The molecule has 0 aliphatic rings. The molecule has 0 fully saturated rings. The number of benzene rings is 1. The van der Waals surface area contributed by atoms with Crippen LogP contribution in [0.15, 0.2) is 24.3 Å². The van der Waals surface area contributed by atoms with Gasteiger partial charge in [-0.15, -0.1) is 0 Å². The van der Waals surface area contributed by atoms with E-state index in [4.69, 9.17) is 0 Å². The van der Waals surface area contributed by atoms with Crippen LogP contribution in [0.5, 0.6) is 0 Å². The van der Waals surface area contributed by atoms with E-state index in [0.29, 0.717) is 18.6 Å². The average molecular weight is 205 g/mol. The average Bonchev–Trinajstić information content (AvgIpc) is 2.18. The first-order chi connectivity index (χ1) is 7.22. The fourth-order valence-corrected chi connectivity index (χ4v) is 1.60. The summed E-state index contributed by atoms with van der Waals surface area (Å²) in [6.45, 7) is 2.97. The van der Waals surface area contributed by atoms with Gasteiger partial charge in [0, 0.05) is 12.8 Å². The molecule has 0 saturated heterocycles. The summed E-state index contributed by atoms with van der Waals surface area (Å²) in [5.41, 5.74) is 2.35. The third-order valence-corrected chi connectivity index (χ3v) is 2.37. The lowest BCUT2D eigenvalue weighted by Gasteiger charge is -2.02. The van der Waals surface area contributed by atoms with Gasteiger partial charge in [-0.3, -0.25) is 4.79 Å². The maximum Gasteiger partial charge on any atom is 0.137 e. The molecule has 1 aromatic carbocycles. The summed E-state index contributed by atoms with van der Waals surface area (Å²) in [5.74, 6) is 0.329. The van der Waals surface area contributed by atoms with Gasteiger partial charge in [-0.1, -0.05) is 29.8 Å². The van der Waals surface area contributed by atoms with Crippen LogP contribution in [0.3, 0.4) is 0 Å². The first-order valence-electron chi connectivity index (χ1n) is 5.44. The lowest BCUT2D eigenvalue weighted by atomic mass is 10.0. The highest BCUT2D eigenvalue weighted by atomic mass is 16.1. The molecule has 0 unspecified atom stereocenters. The maximum atomic E-state index is 11.6. The first kappa shape index (κ1) is 11.9. The van der Waals surface area contributed by atoms with Crippen molar-refractivity contribution < 1.29 is 4.79 Å². The van der Waals surface area contributed by atoms with Crippen molar-refractivity contribution in [3.63, 3.8) is 0 Å². The van der Waals surface area contributed by atoms with E-state index >= 15 is 0 Å². The van der Waals surface area contributed by atoms with Gasteiger partial charge in [0.25, 0.3) is 0 Å². The lowest BCUT2D eigenvalue weighted by Crippen LogP contribution is -2.11. The third kappa shape index (κ3) is 4.75. The summed E-state index contributed by atoms with van der Waals surface area (Å²) >= 11 is 0. The molecule has 2 heteroatoms. The van der Waals surface area contributed by atoms with Crippen molar-refractivity contribution in [2.75, 3.05) is 13.6 Å². The molecule has 0 amide bonds. The summed E-state index contributed by atoms with van der Waals surface area (Å²) in [4.78, 5) is 11.6. The van der Waals surface area contributed by atoms with E-state index in [1.165, 1.54) is 5.56 Å². The van der Waals surface area contributed by atoms with Crippen molar-refractivity contribution in [1.29, 1.82) is 0 Å². The van der Waals surface area contributed by atoms with Gasteiger partial charge in [0.05, 0.1) is 0 Å². The number of hydrogen-bond acceptors (Lipinski definition) is 2. The predicted octanol–water partition coefficient (Wildman–Crippen LogP) is 2.11. The number of nitrogens with one attached hydrogen (secondary N) is 1. The second-order valence-electron chi connectivity index (χ2n) is 3.91. The molecule has 82 valence electrons. The van der Waals surface area contributed by atoms with Crippen molar-refractivity contribution in [3.05, 3.63) is 35.4 Å². The molecule has 0 radical (unpaired) electrons. The number of ketones is 1. The van der Waals surface area contributed by atoms with Crippen molar-refractivity contribution in [2.45, 2.75) is 26.2 Å². The van der Waals surface area contributed by atoms with Crippen molar-refractivity contribution in [3.8, 4) is 0 Å². The Labute approximate surface area is 91.7 Å². The fourth-order valence-electron chi connectivity index (χ4n) is 1.60. The van der Waals surface area contributed by atoms with E-state index in [1.54, 1.807) is 0 Å². The molecule has 0 atom stereocenters. The van der Waals surface area contributed by atoms with E-state index in [1.807, 2.05) is 19.2 Å². The summed E-state index contributed by atoms with van der Waals surface area (Å²) in [5, 5.41) is 3.04. The molecule has 1 rings (SSSR count). The summed E-state index contributed by atoms with van der Waals surface area (Å²) in [6, 6.07) is 8.15. The van der Waals surface area contributed by atoms with Crippen LogP contribution in [0.25, 0.3) is 0 Å². The van der Waals surface area contributed by atoms with Crippen LogP contribution < -0.4 is 5.32 Å². The lowest BCUT2D eigenvalue weighted by molar-refractivity contribution is -0.118. The van der Waals surface area contributed by atoms with E-state index in [-0.39, 0.29) is 0 Å². The Balaban J connectivity index is 2.37. The largest absolute Gasteiger partial charge is 0.320 e. The molecule has 0 spiro atoms. The standard InChI is InChI=1S/C13H19NO/c1-11-5-3-6-12(9-11)10-13(15)7-4-8-14-2/h3,5-6,9,14H,4,7-8,10H2,1-2H3. The molecule has 1 N–H and O–H groups in total. The maximum absolute atomic E-state index is 11.6. The van der Waals surface area contributed by atoms with E-state index in [0.717, 1.165) is 18.5 Å². The number of Topliss-reactive ketones (excluding diaryl/α,β-unsaturated/α-hetero) is 1. The van der Waals surface area contributed by atoms with Gasteiger partial charge in [0.1, 0.15) is 5.78 Å². The number of hydrogen-bond donors (Lipinski definition) is 1. The number of rotatable bonds is 6. The monoisotopic (exact) mass is 205 g/mol. The van der Waals surface area contributed by atoms with Crippen LogP contribution in [0.1, 0.15) is 24.0 Å². The molecule has 0 aliphatic heterocycles. The SMILES string of the molecule is CNCCCC(=O)Cc1cccc(C)c1. The molecule has 0 bridgehead atoms. The van der Waals surface area contributed by atoms with Gasteiger partial charge in [-0.25, -0.2) is 0 Å². The Morgan fingerprint density at radius 1 is 1.40 bits per heavy atom. The summed E-state index contributed by atoms with van der Waals surface area (Å²) in [6.07, 6.45) is 2.18. The van der Waals surface area contributed by atoms with E-state index in [2.05, 4.69) is 24.4 Å². The molecular formula is C13H19NO. The zero-order valence-electron chi connectivity index (χ0n) is 9.55. The molecule has 15 heavy (non-hydrogen) atoms. The third-order valence-electron chi connectivity index (χ3n) is 2.37. The highest BCUT2D eigenvalue weighted by Crippen LogP contribution is 2.06. The second-order valence-corrected chi connectivity index (χ2v) is 3.91. The van der Waals surface area contributed by atoms with E-state index in [9.17, 15) is 4.79 Å². The van der Waals surface area contributed by atoms with Gasteiger partial charge in [0.2, 0.25) is 0 Å². The fraction of sp³-hybridized carbons (Fsp3) is 0.462. The van der Waals surface area contributed by atoms with Crippen molar-refractivity contribution >= 4 is 5.78 Å². The second kappa shape index (κ2) is 6.36. The van der Waals surface area contributed by atoms with E-state index < -0.39 is 0 Å².